The van der Waals surface area contributed by atoms with Crippen LogP contribution in [0.15, 0.2) is 55.5 Å². The van der Waals surface area contributed by atoms with Crippen molar-refractivity contribution in [3.05, 3.63) is 82.9 Å². The Balaban J connectivity index is 1.55. The van der Waals surface area contributed by atoms with E-state index < -0.39 is 48.5 Å². The zero-order valence-electron chi connectivity index (χ0n) is 21.6. The standard InChI is InChI=1S/C24H16ClF8N9O2/c25-13-2-4-17(40-9-18(37-38-40)24(31,32)33)19(20(13)26)12-1-3-16(41(43)7-12)15(5-6-44-23(29)30)39-8-14(35-11-39)21-34-10-36-42(21)22(27)28/h1-4,7-11,15,22-23H,5-6H2. The highest BCUT2D eigenvalue weighted by molar-refractivity contribution is 6.31. The SMILES string of the molecule is [O-][n+]1cc(-c2c(-n3cc(C(F)(F)F)nn3)ccc(Cl)c2F)ccc1C(CCOC(F)F)n1cnc(-c2ncnn2C(F)F)c1. The fourth-order valence-corrected chi connectivity index (χ4v) is 4.49. The molecule has 1 atom stereocenters. The van der Waals surface area contributed by atoms with Crippen LogP contribution in [0.25, 0.3) is 28.3 Å². The Bertz CT molecular complexity index is 1770. The summed E-state index contributed by atoms with van der Waals surface area (Å²) in [5.41, 5.74) is -2.29. The minimum absolute atomic E-state index is 0.0756. The van der Waals surface area contributed by atoms with Crippen molar-refractivity contribution in [2.75, 3.05) is 6.61 Å². The maximum atomic E-state index is 15.3. The molecule has 0 saturated carbocycles. The van der Waals surface area contributed by atoms with E-state index in [4.69, 9.17) is 11.6 Å². The van der Waals surface area contributed by atoms with E-state index in [1.165, 1.54) is 29.0 Å². The number of halogens is 9. The zero-order valence-corrected chi connectivity index (χ0v) is 22.3. The number of rotatable bonds is 10. The van der Waals surface area contributed by atoms with Gasteiger partial charge in [0, 0.05) is 18.7 Å². The maximum absolute atomic E-state index is 15.3. The Labute approximate surface area is 245 Å². The largest absolute Gasteiger partial charge is 0.618 e. The van der Waals surface area contributed by atoms with Crippen molar-refractivity contribution in [3.63, 3.8) is 0 Å². The molecule has 1 aromatic carbocycles. The molecular weight excluding hydrogens is 634 g/mol. The normalized spacial score (nSPS) is 12.9. The van der Waals surface area contributed by atoms with Crippen LogP contribution in [-0.2, 0) is 10.9 Å². The number of pyridine rings is 1. The summed E-state index contributed by atoms with van der Waals surface area (Å²) in [6.07, 6.45) is -0.392. The number of ether oxygens (including phenoxy) is 1. The van der Waals surface area contributed by atoms with Crippen LogP contribution in [0.2, 0.25) is 5.02 Å². The molecular formula is C24H16ClF8N9O2. The van der Waals surface area contributed by atoms with Crippen LogP contribution in [0.3, 0.4) is 0 Å². The molecule has 20 heteroatoms. The van der Waals surface area contributed by atoms with E-state index in [1.54, 1.807) is 0 Å². The van der Waals surface area contributed by atoms with Gasteiger partial charge in [-0.25, -0.2) is 19.0 Å². The van der Waals surface area contributed by atoms with Gasteiger partial charge >= 0.3 is 19.3 Å². The molecule has 5 rings (SSSR count). The molecule has 5 aromatic rings. The summed E-state index contributed by atoms with van der Waals surface area (Å²) in [5, 5.41) is 22.8. The van der Waals surface area contributed by atoms with E-state index >= 15 is 4.39 Å². The Morgan fingerprint density at radius 2 is 1.82 bits per heavy atom. The van der Waals surface area contributed by atoms with Crippen LogP contribution in [0.4, 0.5) is 35.1 Å². The molecule has 0 aliphatic rings. The van der Waals surface area contributed by atoms with Gasteiger partial charge in [-0.15, -0.1) is 5.10 Å². The van der Waals surface area contributed by atoms with Gasteiger partial charge in [0.2, 0.25) is 5.69 Å². The maximum Gasteiger partial charge on any atom is 0.436 e. The summed E-state index contributed by atoms with van der Waals surface area (Å²) in [5.74, 6) is -1.39. The first-order valence-electron chi connectivity index (χ1n) is 12.2. The van der Waals surface area contributed by atoms with E-state index in [0.29, 0.717) is 15.6 Å². The summed E-state index contributed by atoms with van der Waals surface area (Å²) >= 11 is 5.93. The lowest BCUT2D eigenvalue weighted by Gasteiger charge is -2.19. The second-order valence-corrected chi connectivity index (χ2v) is 9.33. The highest BCUT2D eigenvalue weighted by Crippen LogP contribution is 2.35. The smallest absolute Gasteiger partial charge is 0.436 e. The van der Waals surface area contributed by atoms with E-state index in [0.717, 1.165) is 24.9 Å². The Hall–Kier alpha value is -4.65. The third-order valence-electron chi connectivity index (χ3n) is 6.26. The number of nitrogens with zero attached hydrogens (tertiary/aromatic N) is 9. The first-order chi connectivity index (χ1) is 20.8. The van der Waals surface area contributed by atoms with Gasteiger partial charge in [0.1, 0.15) is 18.1 Å². The lowest BCUT2D eigenvalue weighted by molar-refractivity contribution is -0.615. The number of benzene rings is 1. The molecule has 11 nitrogen and oxygen atoms in total. The van der Waals surface area contributed by atoms with Gasteiger partial charge in [0.05, 0.1) is 41.0 Å². The third kappa shape index (κ3) is 6.18. The molecule has 0 radical (unpaired) electrons. The minimum atomic E-state index is -4.84. The molecule has 0 bridgehead atoms. The van der Waals surface area contributed by atoms with Gasteiger partial charge in [-0.3, -0.25) is 0 Å². The molecule has 4 heterocycles. The van der Waals surface area contributed by atoms with Crippen LogP contribution in [-0.4, -0.2) is 52.5 Å². The number of hydrogen-bond donors (Lipinski definition) is 0. The predicted molar refractivity (Wildman–Crippen MR) is 133 cm³/mol. The fourth-order valence-electron chi connectivity index (χ4n) is 4.33. The van der Waals surface area contributed by atoms with Crippen molar-refractivity contribution in [2.45, 2.75) is 31.8 Å². The monoisotopic (exact) mass is 649 g/mol. The number of hydrogen-bond acceptors (Lipinski definition) is 7. The number of alkyl halides is 7. The van der Waals surface area contributed by atoms with Crippen molar-refractivity contribution in [2.24, 2.45) is 0 Å². The molecule has 232 valence electrons. The second-order valence-electron chi connectivity index (χ2n) is 8.92. The third-order valence-corrected chi connectivity index (χ3v) is 6.55. The summed E-state index contributed by atoms with van der Waals surface area (Å²) in [6, 6.07) is 3.64. The van der Waals surface area contributed by atoms with Gasteiger partial charge in [0.15, 0.2) is 23.5 Å². The molecule has 0 saturated heterocycles. The van der Waals surface area contributed by atoms with Crippen molar-refractivity contribution >= 4 is 11.6 Å². The van der Waals surface area contributed by atoms with E-state index in [-0.39, 0.29) is 45.2 Å². The van der Waals surface area contributed by atoms with Crippen molar-refractivity contribution in [3.8, 4) is 28.3 Å². The topological polar surface area (TPSA) is 115 Å². The highest BCUT2D eigenvalue weighted by Gasteiger charge is 2.35. The molecule has 0 spiro atoms. The fraction of sp³-hybridized carbons (Fsp3) is 0.250. The summed E-state index contributed by atoms with van der Waals surface area (Å²) in [6.45, 7) is -6.72. The molecule has 44 heavy (non-hydrogen) atoms. The van der Waals surface area contributed by atoms with Gasteiger partial charge in [-0.05, 0) is 18.2 Å². The molecule has 4 aromatic heterocycles. The van der Waals surface area contributed by atoms with Crippen molar-refractivity contribution in [1.29, 1.82) is 0 Å². The van der Waals surface area contributed by atoms with E-state index in [1.807, 2.05) is 0 Å². The highest BCUT2D eigenvalue weighted by atomic mass is 35.5. The molecule has 0 aliphatic carbocycles. The van der Waals surface area contributed by atoms with Gasteiger partial charge in [-0.2, -0.15) is 45.2 Å². The second kappa shape index (κ2) is 12.2. The number of aromatic nitrogens is 9. The van der Waals surface area contributed by atoms with Crippen LogP contribution >= 0.6 is 11.6 Å². The Morgan fingerprint density at radius 1 is 1.05 bits per heavy atom. The van der Waals surface area contributed by atoms with Crippen LogP contribution < -0.4 is 4.73 Å². The van der Waals surface area contributed by atoms with E-state index in [2.05, 4.69) is 30.1 Å². The summed E-state index contributed by atoms with van der Waals surface area (Å²) < 4.78 is 114. The van der Waals surface area contributed by atoms with Crippen LogP contribution in [0, 0.1) is 11.0 Å². The van der Waals surface area contributed by atoms with Crippen LogP contribution in [0.1, 0.15) is 30.4 Å². The van der Waals surface area contributed by atoms with Crippen molar-refractivity contribution < 1.29 is 44.6 Å². The first kappa shape index (κ1) is 30.8. The van der Waals surface area contributed by atoms with Gasteiger partial charge in [0.25, 0.3) is 0 Å². The minimum Gasteiger partial charge on any atom is -0.618 e. The number of imidazole rings is 1. The Morgan fingerprint density at radius 3 is 2.48 bits per heavy atom. The van der Waals surface area contributed by atoms with Gasteiger partial charge in [-0.1, -0.05) is 16.8 Å². The zero-order chi connectivity index (χ0) is 31.8. The summed E-state index contributed by atoms with van der Waals surface area (Å²) in [4.78, 5) is 7.77. The first-order valence-corrected chi connectivity index (χ1v) is 12.6. The lowest BCUT2D eigenvalue weighted by Crippen LogP contribution is -2.35. The molecule has 0 aliphatic heterocycles. The Kier molecular flexibility index (Phi) is 8.51. The van der Waals surface area contributed by atoms with Gasteiger partial charge < -0.3 is 14.5 Å². The summed E-state index contributed by atoms with van der Waals surface area (Å²) in [7, 11) is 0. The predicted octanol–water partition coefficient (Wildman–Crippen LogP) is 5.45. The average Bonchev–Trinajstić information content (AvgIpc) is 3.73. The molecule has 1 unspecified atom stereocenters. The average molecular weight is 650 g/mol. The molecule has 0 amide bonds. The van der Waals surface area contributed by atoms with Crippen LogP contribution in [0.5, 0.6) is 0 Å². The molecule has 0 N–H and O–H groups in total. The quantitative estimate of drug-likeness (QED) is 0.112. The molecule has 0 fully saturated rings. The van der Waals surface area contributed by atoms with Crippen molar-refractivity contribution in [1.82, 2.24) is 39.3 Å². The van der Waals surface area contributed by atoms with E-state index in [9.17, 15) is 35.9 Å². The lowest BCUT2D eigenvalue weighted by atomic mass is 10.0.